The maximum absolute atomic E-state index is 12.4. The van der Waals surface area contributed by atoms with Gasteiger partial charge in [-0.25, -0.2) is 4.98 Å². The largest absolute Gasteiger partial charge is 0.488 e. The Labute approximate surface area is 112 Å². The predicted octanol–water partition coefficient (Wildman–Crippen LogP) is 1.57. The highest BCUT2D eigenvalue weighted by atomic mass is 19.4. The molecule has 0 radical (unpaired) electrons. The van der Waals surface area contributed by atoms with E-state index in [0.29, 0.717) is 6.20 Å². The van der Waals surface area contributed by atoms with Crippen LogP contribution in [0.25, 0.3) is 0 Å². The van der Waals surface area contributed by atoms with E-state index >= 15 is 0 Å². The number of rotatable bonds is 3. The number of pyridine rings is 1. The van der Waals surface area contributed by atoms with Gasteiger partial charge in [0.25, 0.3) is 0 Å². The molecular formula is C12H9BF3NO3. The van der Waals surface area contributed by atoms with Gasteiger partial charge in [-0.05, 0) is 23.7 Å². The summed E-state index contributed by atoms with van der Waals surface area (Å²) in [6.07, 6.45) is -3.79. The zero-order valence-electron chi connectivity index (χ0n) is 10.0. The second-order valence-corrected chi connectivity index (χ2v) is 3.93. The first-order valence-electron chi connectivity index (χ1n) is 5.53. The maximum atomic E-state index is 12.4. The van der Waals surface area contributed by atoms with Crippen LogP contribution in [0.3, 0.4) is 0 Å². The van der Waals surface area contributed by atoms with Crippen LogP contribution in [-0.4, -0.2) is 22.2 Å². The summed E-state index contributed by atoms with van der Waals surface area (Å²) in [5.41, 5.74) is -0.668. The van der Waals surface area contributed by atoms with Crippen molar-refractivity contribution in [1.29, 1.82) is 0 Å². The topological polar surface area (TPSA) is 62.6 Å². The number of alkyl halides is 3. The third-order valence-electron chi connectivity index (χ3n) is 2.44. The van der Waals surface area contributed by atoms with Crippen molar-refractivity contribution in [3.63, 3.8) is 0 Å². The van der Waals surface area contributed by atoms with Gasteiger partial charge < -0.3 is 14.8 Å². The summed E-state index contributed by atoms with van der Waals surface area (Å²) in [7, 11) is -1.65. The molecule has 0 unspecified atom stereocenters. The molecule has 0 bridgehead atoms. The van der Waals surface area contributed by atoms with Crippen LogP contribution in [0, 0.1) is 0 Å². The van der Waals surface area contributed by atoms with Crippen molar-refractivity contribution in [1.82, 2.24) is 4.98 Å². The van der Waals surface area contributed by atoms with Crippen LogP contribution in [-0.2, 0) is 6.18 Å². The minimum absolute atomic E-state index is 0.0254. The van der Waals surface area contributed by atoms with Gasteiger partial charge in [0.2, 0.25) is 5.88 Å². The summed E-state index contributed by atoms with van der Waals surface area (Å²) in [5, 5.41) is 18.0. The van der Waals surface area contributed by atoms with Crippen molar-refractivity contribution in [2.75, 3.05) is 0 Å². The molecule has 0 aliphatic rings. The molecule has 0 saturated carbocycles. The molecule has 2 aromatic rings. The number of ether oxygens (including phenoxy) is 1. The minimum Gasteiger partial charge on any atom is -0.439 e. The summed E-state index contributed by atoms with van der Waals surface area (Å²) in [6.45, 7) is 0. The molecule has 4 nitrogen and oxygen atoms in total. The van der Waals surface area contributed by atoms with Gasteiger partial charge in [0.15, 0.2) is 0 Å². The number of aromatic nitrogens is 1. The summed E-state index contributed by atoms with van der Waals surface area (Å²) >= 11 is 0. The van der Waals surface area contributed by atoms with E-state index in [1.165, 1.54) is 24.3 Å². The van der Waals surface area contributed by atoms with Gasteiger partial charge in [-0.15, -0.1) is 0 Å². The molecule has 1 aromatic carbocycles. The van der Waals surface area contributed by atoms with Crippen LogP contribution in [0.1, 0.15) is 5.56 Å². The standard InChI is InChI=1S/C12H9BF3NO3/c14-12(15,16)8-4-5-11(17-7-8)20-10-3-1-2-9(6-10)13(18)19/h1-7,18-19H. The van der Waals surface area contributed by atoms with E-state index in [4.69, 9.17) is 14.8 Å². The third-order valence-corrected chi connectivity index (χ3v) is 2.44. The van der Waals surface area contributed by atoms with Crippen LogP contribution in [0.2, 0.25) is 0 Å². The normalized spacial score (nSPS) is 11.2. The second kappa shape index (κ2) is 5.52. The minimum atomic E-state index is -4.45. The quantitative estimate of drug-likeness (QED) is 0.839. The monoisotopic (exact) mass is 283 g/mol. The SMILES string of the molecule is OB(O)c1cccc(Oc2ccc(C(F)(F)F)cn2)c1. The number of hydrogen-bond donors (Lipinski definition) is 2. The highest BCUT2D eigenvalue weighted by Gasteiger charge is 2.30. The summed E-state index contributed by atoms with van der Waals surface area (Å²) in [6, 6.07) is 7.80. The van der Waals surface area contributed by atoms with E-state index in [-0.39, 0.29) is 17.1 Å². The average Bonchev–Trinajstić information content (AvgIpc) is 2.38. The van der Waals surface area contributed by atoms with Crippen molar-refractivity contribution in [3.05, 3.63) is 48.2 Å². The van der Waals surface area contributed by atoms with Crippen LogP contribution < -0.4 is 10.2 Å². The molecule has 0 atom stereocenters. The Balaban J connectivity index is 2.16. The fourth-order valence-corrected chi connectivity index (χ4v) is 1.47. The highest BCUT2D eigenvalue weighted by Crippen LogP contribution is 2.29. The maximum Gasteiger partial charge on any atom is 0.488 e. The molecule has 0 aliphatic carbocycles. The van der Waals surface area contributed by atoms with Gasteiger partial charge in [0, 0.05) is 12.3 Å². The third kappa shape index (κ3) is 3.49. The fourth-order valence-electron chi connectivity index (χ4n) is 1.47. The number of halogens is 3. The molecule has 2 N–H and O–H groups in total. The number of nitrogens with zero attached hydrogens (tertiary/aromatic N) is 1. The van der Waals surface area contributed by atoms with Crippen LogP contribution in [0.4, 0.5) is 13.2 Å². The number of benzene rings is 1. The molecule has 0 aliphatic heterocycles. The molecule has 20 heavy (non-hydrogen) atoms. The Kier molecular flexibility index (Phi) is 3.96. The Morgan fingerprint density at radius 3 is 2.40 bits per heavy atom. The molecule has 104 valence electrons. The molecule has 8 heteroatoms. The van der Waals surface area contributed by atoms with E-state index < -0.39 is 18.9 Å². The van der Waals surface area contributed by atoms with Crippen LogP contribution >= 0.6 is 0 Å². The fraction of sp³-hybridized carbons (Fsp3) is 0.0833. The Bertz CT molecular complexity index is 587. The molecular weight excluding hydrogens is 274 g/mol. The molecule has 0 amide bonds. The van der Waals surface area contributed by atoms with Crippen molar-refractivity contribution in [2.24, 2.45) is 0 Å². The Morgan fingerprint density at radius 1 is 1.10 bits per heavy atom. The first kappa shape index (κ1) is 14.4. The Hall–Kier alpha value is -2.06. The van der Waals surface area contributed by atoms with Crippen LogP contribution in [0.15, 0.2) is 42.6 Å². The second-order valence-electron chi connectivity index (χ2n) is 3.93. The summed E-state index contributed by atoms with van der Waals surface area (Å²) in [4.78, 5) is 3.55. The molecule has 0 spiro atoms. The molecule has 0 fully saturated rings. The highest BCUT2D eigenvalue weighted by molar-refractivity contribution is 6.58. The zero-order valence-corrected chi connectivity index (χ0v) is 10.0. The lowest BCUT2D eigenvalue weighted by atomic mass is 9.80. The number of hydrogen-bond acceptors (Lipinski definition) is 4. The van der Waals surface area contributed by atoms with Crippen molar-refractivity contribution in [2.45, 2.75) is 6.18 Å². The van der Waals surface area contributed by atoms with Gasteiger partial charge >= 0.3 is 13.3 Å². The zero-order chi connectivity index (χ0) is 14.8. The smallest absolute Gasteiger partial charge is 0.439 e. The van der Waals surface area contributed by atoms with E-state index in [2.05, 4.69) is 4.98 Å². The summed E-state index contributed by atoms with van der Waals surface area (Å²) in [5.74, 6) is 0.213. The first-order chi connectivity index (χ1) is 9.36. The van der Waals surface area contributed by atoms with Gasteiger partial charge in [0.1, 0.15) is 5.75 Å². The van der Waals surface area contributed by atoms with Gasteiger partial charge in [-0.3, -0.25) is 0 Å². The first-order valence-corrected chi connectivity index (χ1v) is 5.53. The van der Waals surface area contributed by atoms with Crippen molar-refractivity contribution < 1.29 is 28.0 Å². The van der Waals surface area contributed by atoms with Gasteiger partial charge in [-0.2, -0.15) is 13.2 Å². The van der Waals surface area contributed by atoms with Gasteiger partial charge in [0.05, 0.1) is 5.56 Å². The lowest BCUT2D eigenvalue weighted by molar-refractivity contribution is -0.137. The van der Waals surface area contributed by atoms with Gasteiger partial charge in [-0.1, -0.05) is 12.1 Å². The Morgan fingerprint density at radius 2 is 1.85 bits per heavy atom. The van der Waals surface area contributed by atoms with E-state index in [1.54, 1.807) is 0 Å². The molecule has 2 rings (SSSR count). The van der Waals surface area contributed by atoms with Crippen molar-refractivity contribution >= 4 is 12.6 Å². The molecule has 0 saturated heterocycles. The lowest BCUT2D eigenvalue weighted by Crippen LogP contribution is -2.29. The van der Waals surface area contributed by atoms with Crippen molar-refractivity contribution in [3.8, 4) is 11.6 Å². The van der Waals surface area contributed by atoms with Crippen LogP contribution in [0.5, 0.6) is 11.6 Å². The van der Waals surface area contributed by atoms with E-state index in [9.17, 15) is 13.2 Å². The lowest BCUT2D eigenvalue weighted by Gasteiger charge is -2.08. The summed E-state index contributed by atoms with van der Waals surface area (Å²) < 4.78 is 42.3. The van der Waals surface area contributed by atoms with E-state index in [0.717, 1.165) is 12.1 Å². The molecule has 1 aromatic heterocycles. The van der Waals surface area contributed by atoms with E-state index in [1.807, 2.05) is 0 Å². The molecule has 1 heterocycles. The predicted molar refractivity (Wildman–Crippen MR) is 65.6 cm³/mol. The average molecular weight is 283 g/mol.